The number of hydrogen-bond donors (Lipinski definition) is 2. The topological polar surface area (TPSA) is 24.1 Å². The second kappa shape index (κ2) is 6.83. The van der Waals surface area contributed by atoms with Crippen molar-refractivity contribution in [2.45, 2.75) is 0 Å². The molecule has 0 aliphatic heterocycles. The molecule has 0 saturated heterocycles. The number of thiocarbonyl (C=S) groups is 1. The Labute approximate surface area is 142 Å². The molecule has 0 saturated carbocycles. The fraction of sp³-hybridized carbons (Fsp3) is 0. The highest BCUT2D eigenvalue weighted by atomic mass is 35.5. The van der Waals surface area contributed by atoms with E-state index in [0.29, 0.717) is 36.6 Å². The molecule has 0 unspecified atom stereocenters. The Morgan fingerprint density at radius 1 is 0.750 bits per heavy atom. The summed E-state index contributed by atoms with van der Waals surface area (Å²) >= 11 is 29.1. The van der Waals surface area contributed by atoms with E-state index >= 15 is 0 Å². The zero-order valence-corrected chi connectivity index (χ0v) is 13.7. The summed E-state index contributed by atoms with van der Waals surface area (Å²) in [5.74, 6) is 0. The van der Waals surface area contributed by atoms with E-state index in [1.165, 1.54) is 0 Å². The van der Waals surface area contributed by atoms with Gasteiger partial charge in [-0.25, -0.2) is 0 Å². The third-order valence-electron chi connectivity index (χ3n) is 2.38. The molecule has 0 aliphatic carbocycles. The average Bonchev–Trinajstić information content (AvgIpc) is 2.39. The third kappa shape index (κ3) is 3.90. The summed E-state index contributed by atoms with van der Waals surface area (Å²) in [6.07, 6.45) is 0. The third-order valence-corrected chi connectivity index (χ3v) is 3.95. The molecule has 20 heavy (non-hydrogen) atoms. The van der Waals surface area contributed by atoms with Gasteiger partial charge < -0.3 is 10.6 Å². The first-order chi connectivity index (χ1) is 9.47. The minimum Gasteiger partial charge on any atom is -0.331 e. The minimum absolute atomic E-state index is 0.346. The molecule has 0 aromatic heterocycles. The van der Waals surface area contributed by atoms with Crippen LogP contribution in [0.25, 0.3) is 0 Å². The van der Waals surface area contributed by atoms with Crippen molar-refractivity contribution < 1.29 is 0 Å². The first kappa shape index (κ1) is 15.7. The number of nitrogens with one attached hydrogen (secondary N) is 2. The quantitative estimate of drug-likeness (QED) is 0.496. The van der Waals surface area contributed by atoms with E-state index in [1.54, 1.807) is 18.2 Å². The zero-order chi connectivity index (χ0) is 14.7. The summed E-state index contributed by atoms with van der Waals surface area (Å²) in [6, 6.07) is 10.4. The van der Waals surface area contributed by atoms with Crippen molar-refractivity contribution in [3.63, 3.8) is 0 Å². The number of hydrogen-bond acceptors (Lipinski definition) is 1. The van der Waals surface area contributed by atoms with Crippen molar-refractivity contribution in [3.8, 4) is 0 Å². The van der Waals surface area contributed by atoms with Crippen LogP contribution in [-0.2, 0) is 0 Å². The van der Waals surface area contributed by atoms with Gasteiger partial charge in [-0.3, -0.25) is 0 Å². The van der Waals surface area contributed by atoms with Gasteiger partial charge in [0.15, 0.2) is 5.11 Å². The Morgan fingerprint density at radius 2 is 1.35 bits per heavy atom. The van der Waals surface area contributed by atoms with Gasteiger partial charge >= 0.3 is 0 Å². The van der Waals surface area contributed by atoms with Crippen molar-refractivity contribution >= 4 is 75.1 Å². The average molecular weight is 366 g/mol. The molecule has 0 radical (unpaired) electrons. The van der Waals surface area contributed by atoms with Crippen LogP contribution in [0.3, 0.4) is 0 Å². The van der Waals surface area contributed by atoms with Gasteiger partial charge in [-0.15, -0.1) is 0 Å². The normalized spacial score (nSPS) is 10.2. The number of para-hydroxylation sites is 1. The van der Waals surface area contributed by atoms with Crippen molar-refractivity contribution in [2.75, 3.05) is 10.6 Å². The fourth-order valence-corrected chi connectivity index (χ4v) is 2.45. The molecule has 0 atom stereocenters. The summed E-state index contributed by atoms with van der Waals surface area (Å²) < 4.78 is 0. The molecule has 2 N–H and O–H groups in total. The summed E-state index contributed by atoms with van der Waals surface area (Å²) in [4.78, 5) is 0. The predicted molar refractivity (Wildman–Crippen MR) is 92.8 cm³/mol. The number of benzene rings is 2. The van der Waals surface area contributed by atoms with E-state index in [1.807, 2.05) is 18.2 Å². The first-order valence-electron chi connectivity index (χ1n) is 5.44. The van der Waals surface area contributed by atoms with Crippen LogP contribution in [0, 0.1) is 0 Å². The SMILES string of the molecule is S=C(Nc1ccccc1Cl)Nc1cc(Cl)c(Cl)cc1Cl. The zero-order valence-electron chi connectivity index (χ0n) is 9.88. The second-order valence-corrected chi connectivity index (χ2v) is 5.84. The molecule has 2 aromatic carbocycles. The van der Waals surface area contributed by atoms with Crippen LogP contribution in [-0.4, -0.2) is 5.11 Å². The lowest BCUT2D eigenvalue weighted by molar-refractivity contribution is 1.59. The Morgan fingerprint density at radius 3 is 2.05 bits per heavy atom. The fourth-order valence-electron chi connectivity index (χ4n) is 1.46. The van der Waals surface area contributed by atoms with Gasteiger partial charge in [-0.1, -0.05) is 58.5 Å². The van der Waals surface area contributed by atoms with Gasteiger partial charge in [0.25, 0.3) is 0 Å². The van der Waals surface area contributed by atoms with Crippen LogP contribution >= 0.6 is 58.6 Å². The highest BCUT2D eigenvalue weighted by Gasteiger charge is 2.08. The summed E-state index contributed by atoms with van der Waals surface area (Å²) in [7, 11) is 0. The maximum atomic E-state index is 6.06. The van der Waals surface area contributed by atoms with Crippen LogP contribution in [0.2, 0.25) is 20.1 Å². The maximum Gasteiger partial charge on any atom is 0.175 e. The van der Waals surface area contributed by atoms with Gasteiger partial charge in [0, 0.05) is 0 Å². The Kier molecular flexibility index (Phi) is 5.35. The molecule has 0 fully saturated rings. The van der Waals surface area contributed by atoms with Gasteiger partial charge in [0.2, 0.25) is 0 Å². The molecule has 2 aromatic rings. The maximum absolute atomic E-state index is 6.06. The largest absolute Gasteiger partial charge is 0.331 e. The van der Waals surface area contributed by atoms with E-state index in [-0.39, 0.29) is 0 Å². The number of rotatable bonds is 2. The Bertz CT molecular complexity index is 661. The summed E-state index contributed by atoms with van der Waals surface area (Å²) in [5.41, 5.74) is 1.26. The monoisotopic (exact) mass is 364 g/mol. The van der Waals surface area contributed by atoms with Crippen molar-refractivity contribution in [2.24, 2.45) is 0 Å². The lowest BCUT2D eigenvalue weighted by Crippen LogP contribution is -2.19. The highest BCUT2D eigenvalue weighted by Crippen LogP contribution is 2.32. The molecule has 0 spiro atoms. The van der Waals surface area contributed by atoms with Gasteiger partial charge in [0.05, 0.1) is 31.5 Å². The lowest BCUT2D eigenvalue weighted by atomic mass is 10.3. The van der Waals surface area contributed by atoms with Gasteiger partial charge in [0.1, 0.15) is 0 Å². The molecular weight excluding hydrogens is 358 g/mol. The van der Waals surface area contributed by atoms with E-state index in [9.17, 15) is 0 Å². The molecule has 0 aliphatic rings. The molecule has 0 amide bonds. The van der Waals surface area contributed by atoms with Gasteiger partial charge in [-0.2, -0.15) is 0 Å². The molecule has 0 heterocycles. The molecule has 104 valence electrons. The molecule has 7 heteroatoms. The molecular formula is C13H8Cl4N2S. The first-order valence-corrected chi connectivity index (χ1v) is 7.36. The molecule has 0 bridgehead atoms. The minimum atomic E-state index is 0.346. The van der Waals surface area contributed by atoms with Crippen LogP contribution in [0.4, 0.5) is 11.4 Å². The predicted octanol–water partition coefficient (Wildman–Crippen LogP) is 6.11. The summed E-state index contributed by atoms with van der Waals surface area (Å²) in [6.45, 7) is 0. The smallest absolute Gasteiger partial charge is 0.175 e. The van der Waals surface area contributed by atoms with Crippen molar-refractivity contribution in [3.05, 3.63) is 56.5 Å². The van der Waals surface area contributed by atoms with Crippen LogP contribution in [0.15, 0.2) is 36.4 Å². The molecule has 2 nitrogen and oxygen atoms in total. The van der Waals surface area contributed by atoms with E-state index < -0.39 is 0 Å². The second-order valence-electron chi connectivity index (χ2n) is 3.81. The number of halogens is 4. The summed E-state index contributed by atoms with van der Waals surface area (Å²) in [5, 5.41) is 8.02. The Hall–Kier alpha value is -0.710. The van der Waals surface area contributed by atoms with E-state index in [0.717, 1.165) is 0 Å². The van der Waals surface area contributed by atoms with Crippen molar-refractivity contribution in [1.82, 2.24) is 0 Å². The Balaban J connectivity index is 2.13. The van der Waals surface area contributed by atoms with Crippen molar-refractivity contribution in [1.29, 1.82) is 0 Å². The van der Waals surface area contributed by atoms with E-state index in [4.69, 9.17) is 58.6 Å². The highest BCUT2D eigenvalue weighted by molar-refractivity contribution is 7.80. The van der Waals surface area contributed by atoms with Crippen LogP contribution in [0.5, 0.6) is 0 Å². The van der Waals surface area contributed by atoms with Crippen LogP contribution in [0.1, 0.15) is 0 Å². The number of anilines is 2. The van der Waals surface area contributed by atoms with Gasteiger partial charge in [-0.05, 0) is 36.5 Å². The molecule has 2 rings (SSSR count). The van der Waals surface area contributed by atoms with Crippen LogP contribution < -0.4 is 10.6 Å². The standard InChI is InChI=1S/C13H8Cl4N2S/c14-7-3-1-2-4-11(7)18-13(20)19-12-6-9(16)8(15)5-10(12)17/h1-6H,(H2,18,19,20). The van der Waals surface area contributed by atoms with E-state index in [2.05, 4.69) is 10.6 Å². The lowest BCUT2D eigenvalue weighted by Gasteiger charge is -2.13.